The van der Waals surface area contributed by atoms with Crippen LogP contribution in [-0.2, 0) is 0 Å². The zero-order chi connectivity index (χ0) is 16.7. The van der Waals surface area contributed by atoms with Crippen LogP contribution in [0.3, 0.4) is 0 Å². The molecule has 124 valence electrons. The lowest BCUT2D eigenvalue weighted by atomic mass is 10.1. The molecule has 1 amide bonds. The molecule has 2 aromatic heterocycles. The smallest absolute Gasteiger partial charge is 0.274 e. The first-order chi connectivity index (χ1) is 11.7. The number of anilines is 1. The summed E-state index contributed by atoms with van der Waals surface area (Å²) >= 11 is 0. The Hall–Kier alpha value is -2.83. The first kappa shape index (κ1) is 14.7. The van der Waals surface area contributed by atoms with Crippen LogP contribution in [0.2, 0.25) is 0 Å². The number of ether oxygens (including phenoxy) is 1. The Bertz CT molecular complexity index is 928. The van der Waals surface area contributed by atoms with Gasteiger partial charge in [-0.05, 0) is 31.4 Å². The van der Waals surface area contributed by atoms with Gasteiger partial charge in [-0.3, -0.25) is 9.20 Å². The largest absolute Gasteiger partial charge is 0.494 e. The number of nitrogens with zero attached hydrogens (tertiary/aromatic N) is 4. The second-order valence-electron chi connectivity index (χ2n) is 6.00. The van der Waals surface area contributed by atoms with Gasteiger partial charge in [0, 0.05) is 24.7 Å². The number of imidazole rings is 1. The highest BCUT2D eigenvalue weighted by Gasteiger charge is 2.22. The molecule has 0 radical (unpaired) electrons. The molecule has 1 aliphatic rings. The number of nitrogens with two attached hydrogens (primary N) is 1. The maximum atomic E-state index is 12.7. The van der Waals surface area contributed by atoms with Crippen LogP contribution in [0, 0.1) is 0 Å². The molecule has 7 nitrogen and oxygen atoms in total. The van der Waals surface area contributed by atoms with E-state index < -0.39 is 0 Å². The molecule has 0 atom stereocenters. The van der Waals surface area contributed by atoms with E-state index in [1.54, 1.807) is 17.7 Å². The fraction of sp³-hybridized carbons (Fsp3) is 0.353. The Kier molecular flexibility index (Phi) is 3.48. The number of carbonyl (C=O) groups is 1. The van der Waals surface area contributed by atoms with Crippen LogP contribution in [0.1, 0.15) is 29.8 Å². The number of carbonyl (C=O) groups excluding carboxylic acids is 1. The van der Waals surface area contributed by atoms with Crippen molar-refractivity contribution in [2.75, 3.05) is 25.9 Å². The Morgan fingerprint density at radius 2 is 2.00 bits per heavy atom. The van der Waals surface area contributed by atoms with E-state index >= 15 is 0 Å². The van der Waals surface area contributed by atoms with E-state index in [4.69, 9.17) is 10.5 Å². The van der Waals surface area contributed by atoms with Gasteiger partial charge in [0.1, 0.15) is 22.6 Å². The molecule has 2 N–H and O–H groups in total. The van der Waals surface area contributed by atoms with Gasteiger partial charge >= 0.3 is 0 Å². The number of para-hydroxylation sites is 1. The summed E-state index contributed by atoms with van der Waals surface area (Å²) in [6.07, 6.45) is 4.94. The van der Waals surface area contributed by atoms with Crippen LogP contribution in [0.5, 0.6) is 5.75 Å². The Balaban J connectivity index is 1.86. The maximum absolute atomic E-state index is 12.7. The van der Waals surface area contributed by atoms with Crippen LogP contribution in [-0.4, -0.2) is 45.4 Å². The highest BCUT2D eigenvalue weighted by molar-refractivity contribution is 5.99. The van der Waals surface area contributed by atoms with Crippen molar-refractivity contribution in [3.63, 3.8) is 0 Å². The van der Waals surface area contributed by atoms with E-state index in [2.05, 4.69) is 9.97 Å². The number of hydrogen-bond acceptors (Lipinski definition) is 5. The number of methoxy groups -OCH3 is 1. The first-order valence-electron chi connectivity index (χ1n) is 8.09. The summed E-state index contributed by atoms with van der Waals surface area (Å²) in [6, 6.07) is 5.61. The van der Waals surface area contributed by atoms with Gasteiger partial charge in [-0.25, -0.2) is 9.97 Å². The summed E-state index contributed by atoms with van der Waals surface area (Å²) in [7, 11) is 1.59. The van der Waals surface area contributed by atoms with Gasteiger partial charge < -0.3 is 15.4 Å². The molecule has 1 aromatic carbocycles. The van der Waals surface area contributed by atoms with E-state index in [1.807, 2.05) is 23.1 Å². The predicted octanol–water partition coefficient (Wildman–Crippen LogP) is 2.10. The Morgan fingerprint density at radius 3 is 2.75 bits per heavy atom. The lowest BCUT2D eigenvalue weighted by molar-refractivity contribution is 0.0719. The standard InChI is InChI=1S/C17H19N5O2/c1-24-13-7-5-6-11-14(13)20-17(18)22-10-12(19-15(11)22)16(23)21-8-3-2-4-9-21/h5-7,10H,2-4,8-9H2,1H3,(H2,18,20). The minimum Gasteiger partial charge on any atom is -0.494 e. The van der Waals surface area contributed by atoms with E-state index in [9.17, 15) is 4.79 Å². The second kappa shape index (κ2) is 5.67. The number of rotatable bonds is 2. The molecule has 3 heterocycles. The minimum absolute atomic E-state index is 0.0474. The van der Waals surface area contributed by atoms with Gasteiger partial charge in [0.05, 0.1) is 7.11 Å². The number of likely N-dealkylation sites (tertiary alicyclic amines) is 1. The van der Waals surface area contributed by atoms with Crippen molar-refractivity contribution >= 4 is 28.4 Å². The molecule has 0 unspecified atom stereocenters. The zero-order valence-electron chi connectivity index (χ0n) is 13.5. The molecule has 24 heavy (non-hydrogen) atoms. The molecular weight excluding hydrogens is 306 g/mol. The number of amides is 1. The monoisotopic (exact) mass is 325 g/mol. The summed E-state index contributed by atoms with van der Waals surface area (Å²) in [5.41, 5.74) is 7.74. The maximum Gasteiger partial charge on any atom is 0.274 e. The highest BCUT2D eigenvalue weighted by atomic mass is 16.5. The lowest BCUT2D eigenvalue weighted by Crippen LogP contribution is -2.35. The van der Waals surface area contributed by atoms with Crippen molar-refractivity contribution in [3.8, 4) is 5.75 Å². The Labute approximate surface area is 139 Å². The van der Waals surface area contributed by atoms with Crippen molar-refractivity contribution in [2.24, 2.45) is 0 Å². The fourth-order valence-electron chi connectivity index (χ4n) is 3.26. The van der Waals surface area contributed by atoms with E-state index in [0.717, 1.165) is 31.3 Å². The normalized spacial score (nSPS) is 15.1. The molecule has 1 fully saturated rings. The van der Waals surface area contributed by atoms with Gasteiger partial charge in [0.15, 0.2) is 0 Å². The third kappa shape index (κ3) is 2.24. The lowest BCUT2D eigenvalue weighted by Gasteiger charge is -2.25. The van der Waals surface area contributed by atoms with Crippen molar-refractivity contribution in [2.45, 2.75) is 19.3 Å². The quantitative estimate of drug-likeness (QED) is 0.780. The van der Waals surface area contributed by atoms with Crippen molar-refractivity contribution in [1.82, 2.24) is 19.3 Å². The molecule has 0 saturated carbocycles. The van der Waals surface area contributed by atoms with E-state index in [1.165, 1.54) is 6.42 Å². The van der Waals surface area contributed by atoms with Crippen LogP contribution >= 0.6 is 0 Å². The van der Waals surface area contributed by atoms with Crippen LogP contribution in [0.4, 0.5) is 5.95 Å². The number of nitrogen functional groups attached to an aromatic ring is 1. The predicted molar refractivity (Wildman–Crippen MR) is 91.2 cm³/mol. The van der Waals surface area contributed by atoms with Gasteiger partial charge in [0.25, 0.3) is 5.91 Å². The molecule has 7 heteroatoms. The average Bonchev–Trinajstić information content (AvgIpc) is 3.08. The highest BCUT2D eigenvalue weighted by Crippen LogP contribution is 2.28. The molecule has 3 aromatic rings. The molecule has 1 aliphatic heterocycles. The van der Waals surface area contributed by atoms with Gasteiger partial charge in [-0.1, -0.05) is 6.07 Å². The molecule has 0 aliphatic carbocycles. The number of fused-ring (bicyclic) bond motifs is 3. The van der Waals surface area contributed by atoms with Gasteiger partial charge in [-0.15, -0.1) is 0 Å². The van der Waals surface area contributed by atoms with Crippen LogP contribution < -0.4 is 10.5 Å². The molecule has 0 bridgehead atoms. The number of benzene rings is 1. The van der Waals surface area contributed by atoms with Crippen molar-refractivity contribution < 1.29 is 9.53 Å². The van der Waals surface area contributed by atoms with Crippen LogP contribution in [0.25, 0.3) is 16.6 Å². The van der Waals surface area contributed by atoms with Crippen LogP contribution in [0.15, 0.2) is 24.4 Å². The van der Waals surface area contributed by atoms with Gasteiger partial charge in [-0.2, -0.15) is 0 Å². The zero-order valence-corrected chi connectivity index (χ0v) is 13.5. The third-order valence-corrected chi connectivity index (χ3v) is 4.50. The first-order valence-corrected chi connectivity index (χ1v) is 8.09. The van der Waals surface area contributed by atoms with Crippen molar-refractivity contribution in [1.29, 1.82) is 0 Å². The average molecular weight is 325 g/mol. The fourth-order valence-corrected chi connectivity index (χ4v) is 3.26. The summed E-state index contributed by atoms with van der Waals surface area (Å²) in [5.74, 6) is 0.870. The summed E-state index contributed by atoms with van der Waals surface area (Å²) < 4.78 is 7.02. The van der Waals surface area contributed by atoms with Gasteiger partial charge in [0.2, 0.25) is 5.95 Å². The topological polar surface area (TPSA) is 85.8 Å². The third-order valence-electron chi connectivity index (χ3n) is 4.50. The Morgan fingerprint density at radius 1 is 1.21 bits per heavy atom. The minimum atomic E-state index is -0.0474. The summed E-state index contributed by atoms with van der Waals surface area (Å²) in [4.78, 5) is 23.5. The summed E-state index contributed by atoms with van der Waals surface area (Å²) in [5, 5.41) is 0.807. The van der Waals surface area contributed by atoms with E-state index in [0.29, 0.717) is 22.6 Å². The summed E-state index contributed by atoms with van der Waals surface area (Å²) in [6.45, 7) is 1.57. The number of aromatic nitrogens is 3. The molecule has 4 rings (SSSR count). The number of hydrogen-bond donors (Lipinski definition) is 1. The molecule has 1 saturated heterocycles. The van der Waals surface area contributed by atoms with E-state index in [-0.39, 0.29) is 11.9 Å². The SMILES string of the molecule is COc1cccc2c1nc(N)n1cc(C(=O)N3CCCCC3)nc21. The number of piperidine rings is 1. The van der Waals surface area contributed by atoms with Crippen molar-refractivity contribution in [3.05, 3.63) is 30.1 Å². The second-order valence-corrected chi connectivity index (χ2v) is 6.00. The molecular formula is C17H19N5O2. The molecule has 0 spiro atoms.